The lowest BCUT2D eigenvalue weighted by molar-refractivity contribution is -0.150. The predicted molar refractivity (Wildman–Crippen MR) is 131 cm³/mol. The molecule has 1 aromatic heterocycles. The first-order valence-electron chi connectivity index (χ1n) is 11.8. The van der Waals surface area contributed by atoms with Crippen LogP contribution < -0.4 is 11.2 Å². The van der Waals surface area contributed by atoms with E-state index < -0.39 is 56.2 Å². The Balaban J connectivity index is 2.55. The number of rotatable bonds is 11. The minimum absolute atomic E-state index is 0.176. The lowest BCUT2D eigenvalue weighted by Gasteiger charge is -2.41. The number of hydrogen-bond acceptors (Lipinski definition) is 9. The van der Waals surface area contributed by atoms with Crippen molar-refractivity contribution >= 4 is 14.3 Å². The maximum absolute atomic E-state index is 12.7. The number of nitrogens with zero attached hydrogens (tertiary/aromatic N) is 1. The number of aromatic nitrogens is 2. The maximum atomic E-state index is 12.7. The lowest BCUT2D eigenvalue weighted by atomic mass is 10.0. The highest BCUT2D eigenvalue weighted by molar-refractivity contribution is 6.74. The van der Waals surface area contributed by atoms with Crippen LogP contribution in [0.1, 0.15) is 45.9 Å². The highest BCUT2D eigenvalue weighted by atomic mass is 28.4. The van der Waals surface area contributed by atoms with Crippen molar-refractivity contribution in [2.24, 2.45) is 0 Å². The summed E-state index contributed by atoms with van der Waals surface area (Å²) in [6.45, 7) is 14.2. The van der Waals surface area contributed by atoms with Gasteiger partial charge in [-0.3, -0.25) is 19.1 Å². The van der Waals surface area contributed by atoms with Crippen LogP contribution in [0.2, 0.25) is 18.1 Å². The topological polar surface area (TPSA) is 138 Å². The highest BCUT2D eigenvalue weighted by Crippen LogP contribution is 2.42. The lowest BCUT2D eigenvalue weighted by Crippen LogP contribution is -2.52. The molecular formula is C23H40N2O9Si. The average Bonchev–Trinajstić information content (AvgIpc) is 3.07. The molecule has 11 nitrogen and oxygen atoms in total. The van der Waals surface area contributed by atoms with Crippen molar-refractivity contribution < 1.29 is 33.3 Å². The maximum Gasteiger partial charge on any atom is 0.330 e. The van der Waals surface area contributed by atoms with Gasteiger partial charge in [0.25, 0.3) is 5.56 Å². The van der Waals surface area contributed by atoms with Crippen molar-refractivity contribution in [1.82, 2.24) is 9.55 Å². The molecule has 1 aromatic rings. The van der Waals surface area contributed by atoms with E-state index in [0.717, 1.165) is 0 Å². The van der Waals surface area contributed by atoms with E-state index in [1.807, 2.05) is 0 Å². The van der Waals surface area contributed by atoms with Gasteiger partial charge in [-0.15, -0.1) is 0 Å². The Morgan fingerprint density at radius 3 is 2.49 bits per heavy atom. The van der Waals surface area contributed by atoms with Crippen molar-refractivity contribution in [2.45, 2.75) is 89.8 Å². The smallest absolute Gasteiger partial charge is 0.330 e. The number of aliphatic hydroxyl groups is 1. The van der Waals surface area contributed by atoms with E-state index in [-0.39, 0.29) is 31.3 Å². The zero-order chi connectivity index (χ0) is 26.6. The quantitative estimate of drug-likeness (QED) is 0.254. The van der Waals surface area contributed by atoms with Crippen molar-refractivity contribution in [3.05, 3.63) is 32.6 Å². The van der Waals surface area contributed by atoms with Crippen molar-refractivity contribution in [3.8, 4) is 0 Å². The van der Waals surface area contributed by atoms with E-state index >= 15 is 0 Å². The Morgan fingerprint density at radius 1 is 1.26 bits per heavy atom. The van der Waals surface area contributed by atoms with Gasteiger partial charge in [0, 0.05) is 18.9 Å². The summed E-state index contributed by atoms with van der Waals surface area (Å²) in [7, 11) is -0.891. The Bertz CT molecular complexity index is 969. The van der Waals surface area contributed by atoms with E-state index in [0.29, 0.717) is 5.56 Å². The number of aliphatic hydroxyl groups excluding tert-OH is 1. The molecule has 0 bridgehead atoms. The first kappa shape index (κ1) is 29.4. The van der Waals surface area contributed by atoms with Crippen LogP contribution in [0.5, 0.6) is 0 Å². The molecule has 5 atom stereocenters. The van der Waals surface area contributed by atoms with Gasteiger partial charge in [-0.2, -0.15) is 0 Å². The highest BCUT2D eigenvalue weighted by Gasteiger charge is 2.54. The summed E-state index contributed by atoms with van der Waals surface area (Å²) in [6.07, 6.45) is -3.85. The molecule has 1 fully saturated rings. The standard InChI is InChI=1S/C23H40N2O9Si/c1-9-31-16(27)12-15(26)17-18(34-35(7,8)23(3,4)5)19(32-11-10-30-6)21(33-17)25-13-14(2)20(28)24-22(25)29/h13,15,17-19,21,26H,9-12H2,1-8H3,(H,24,28,29)/t15-,17-,18?,19+,21-/m1/s1. The molecule has 35 heavy (non-hydrogen) atoms. The van der Waals surface area contributed by atoms with E-state index in [4.69, 9.17) is 23.4 Å². The zero-order valence-corrected chi connectivity index (χ0v) is 23.0. The first-order chi connectivity index (χ1) is 16.2. The molecule has 0 aliphatic carbocycles. The van der Waals surface area contributed by atoms with Crippen LogP contribution >= 0.6 is 0 Å². The van der Waals surface area contributed by atoms with Crippen LogP contribution in [-0.4, -0.2) is 80.3 Å². The van der Waals surface area contributed by atoms with E-state index in [9.17, 15) is 19.5 Å². The molecule has 200 valence electrons. The summed E-state index contributed by atoms with van der Waals surface area (Å²) in [6, 6.07) is 0. The fraction of sp³-hybridized carbons (Fsp3) is 0.783. The molecule has 2 heterocycles. The van der Waals surface area contributed by atoms with Gasteiger partial charge in [-0.25, -0.2) is 4.79 Å². The summed E-state index contributed by atoms with van der Waals surface area (Å²) in [5, 5.41) is 10.8. The number of hydrogen-bond donors (Lipinski definition) is 2. The molecule has 0 radical (unpaired) electrons. The fourth-order valence-electron chi connectivity index (χ4n) is 3.58. The number of nitrogens with one attached hydrogen (secondary N) is 1. The molecule has 2 rings (SSSR count). The summed E-state index contributed by atoms with van der Waals surface area (Å²) >= 11 is 0. The Morgan fingerprint density at radius 2 is 1.91 bits per heavy atom. The number of ether oxygens (including phenoxy) is 4. The molecule has 0 spiro atoms. The SMILES string of the molecule is CCOC(=O)C[C@@H](O)[C@H]1O[C@@H](n2cc(C)c(=O)[nH]c2=O)[C@@H](OCCOC)C1O[Si](C)(C)C(C)(C)C. The van der Waals surface area contributed by atoms with Gasteiger partial charge in [0.2, 0.25) is 0 Å². The summed E-state index contributed by atoms with van der Waals surface area (Å²) in [5.41, 5.74) is -0.882. The van der Waals surface area contributed by atoms with Gasteiger partial charge >= 0.3 is 11.7 Å². The molecule has 2 N–H and O–H groups in total. The predicted octanol–water partition coefficient (Wildman–Crippen LogP) is 1.48. The van der Waals surface area contributed by atoms with Crippen molar-refractivity contribution in [3.63, 3.8) is 0 Å². The summed E-state index contributed by atoms with van der Waals surface area (Å²) in [5.74, 6) is -0.577. The molecule has 1 saturated heterocycles. The molecule has 12 heteroatoms. The van der Waals surface area contributed by atoms with E-state index in [1.54, 1.807) is 13.8 Å². The Kier molecular flexibility index (Phi) is 10.0. The molecule has 1 aliphatic rings. The second kappa shape index (κ2) is 11.9. The summed E-state index contributed by atoms with van der Waals surface area (Å²) < 4.78 is 30.3. The second-order valence-electron chi connectivity index (χ2n) is 10.2. The Hall–Kier alpha value is -1.83. The molecule has 1 aliphatic heterocycles. The van der Waals surface area contributed by atoms with Crippen LogP contribution in [0.15, 0.2) is 15.8 Å². The van der Waals surface area contributed by atoms with Crippen molar-refractivity contribution in [2.75, 3.05) is 26.9 Å². The second-order valence-corrected chi connectivity index (χ2v) is 15.0. The largest absolute Gasteiger partial charge is 0.466 e. The van der Waals surface area contributed by atoms with Gasteiger partial charge in [0.15, 0.2) is 14.5 Å². The number of aromatic amines is 1. The van der Waals surface area contributed by atoms with Crippen LogP contribution in [0.4, 0.5) is 0 Å². The van der Waals surface area contributed by atoms with Gasteiger partial charge in [-0.05, 0) is 32.0 Å². The third-order valence-electron chi connectivity index (χ3n) is 6.54. The normalized spacial score (nSPS) is 23.9. The van der Waals surface area contributed by atoms with E-state index in [2.05, 4.69) is 38.8 Å². The van der Waals surface area contributed by atoms with Gasteiger partial charge < -0.3 is 28.5 Å². The fourth-order valence-corrected chi connectivity index (χ4v) is 4.88. The number of H-pyrrole nitrogens is 1. The Labute approximate surface area is 206 Å². The molecule has 0 saturated carbocycles. The van der Waals surface area contributed by atoms with Crippen LogP contribution in [-0.2, 0) is 28.2 Å². The number of methoxy groups -OCH3 is 1. The monoisotopic (exact) mass is 516 g/mol. The van der Waals surface area contributed by atoms with Crippen LogP contribution in [0.25, 0.3) is 0 Å². The number of carbonyl (C=O) groups is 1. The van der Waals surface area contributed by atoms with Gasteiger partial charge in [0.1, 0.15) is 18.3 Å². The minimum atomic E-state index is -2.43. The minimum Gasteiger partial charge on any atom is -0.466 e. The average molecular weight is 517 g/mol. The van der Waals surface area contributed by atoms with Crippen LogP contribution in [0, 0.1) is 6.92 Å². The van der Waals surface area contributed by atoms with Gasteiger partial charge in [0.05, 0.1) is 32.3 Å². The van der Waals surface area contributed by atoms with E-state index in [1.165, 1.54) is 17.9 Å². The molecule has 0 amide bonds. The molecule has 1 unspecified atom stereocenters. The first-order valence-corrected chi connectivity index (χ1v) is 14.7. The number of esters is 1. The number of carbonyl (C=O) groups excluding carboxylic acids is 1. The third-order valence-corrected chi connectivity index (χ3v) is 11.0. The molecule has 0 aromatic carbocycles. The van der Waals surface area contributed by atoms with Crippen LogP contribution in [0.3, 0.4) is 0 Å². The molecular weight excluding hydrogens is 476 g/mol. The number of aryl methyl sites for hydroxylation is 1. The third kappa shape index (κ3) is 7.11. The van der Waals surface area contributed by atoms with Gasteiger partial charge in [-0.1, -0.05) is 20.8 Å². The zero-order valence-electron chi connectivity index (χ0n) is 22.0. The summed E-state index contributed by atoms with van der Waals surface area (Å²) in [4.78, 5) is 39.1. The van der Waals surface area contributed by atoms with Crippen molar-refractivity contribution in [1.29, 1.82) is 0 Å².